The Morgan fingerprint density at radius 1 is 1.19 bits per heavy atom. The van der Waals surface area contributed by atoms with Gasteiger partial charge in [-0.05, 0) is 50.0 Å². The van der Waals surface area contributed by atoms with Crippen LogP contribution in [0, 0.1) is 0 Å². The van der Waals surface area contributed by atoms with Gasteiger partial charge in [0, 0.05) is 17.4 Å². The van der Waals surface area contributed by atoms with Crippen LogP contribution in [0.5, 0.6) is 0 Å². The molecular formula is C22H22ClN5O3S. The van der Waals surface area contributed by atoms with Crippen LogP contribution < -0.4 is 16.4 Å². The zero-order valence-corrected chi connectivity index (χ0v) is 18.9. The molecule has 3 rings (SSSR count). The molecule has 0 aliphatic heterocycles. The Hall–Kier alpha value is -3.11. The Balaban J connectivity index is 2.04. The fourth-order valence-electron chi connectivity index (χ4n) is 3.30. The molecule has 2 atom stereocenters. The van der Waals surface area contributed by atoms with Gasteiger partial charge in [-0.15, -0.1) is 11.6 Å². The smallest absolute Gasteiger partial charge is 0.317 e. The van der Waals surface area contributed by atoms with Crippen molar-refractivity contribution in [1.29, 1.82) is 0 Å². The highest BCUT2D eigenvalue weighted by atomic mass is 35.5. The molecule has 0 bridgehead atoms. The summed E-state index contributed by atoms with van der Waals surface area (Å²) in [6, 6.07) is 11.2. The highest BCUT2D eigenvalue weighted by Gasteiger charge is 2.53. The zero-order valence-electron chi connectivity index (χ0n) is 17.4. The minimum atomic E-state index is -1.76. The van der Waals surface area contributed by atoms with Gasteiger partial charge in [-0.25, -0.2) is 4.79 Å². The second kappa shape index (κ2) is 9.17. The Bertz CT molecular complexity index is 1120. The molecule has 1 aromatic carbocycles. The van der Waals surface area contributed by atoms with Crippen LogP contribution >= 0.6 is 23.8 Å². The van der Waals surface area contributed by atoms with Gasteiger partial charge in [0.25, 0.3) is 5.91 Å². The summed E-state index contributed by atoms with van der Waals surface area (Å²) in [6.45, 7) is 0. The molecular weight excluding hydrogens is 450 g/mol. The maximum atomic E-state index is 12.6. The predicted octanol–water partition coefficient (Wildman–Crippen LogP) is 2.51. The van der Waals surface area contributed by atoms with E-state index in [1.165, 1.54) is 23.2 Å². The lowest BCUT2D eigenvalue weighted by molar-refractivity contribution is -0.0453. The number of halogens is 1. The lowest BCUT2D eigenvalue weighted by atomic mass is 9.83. The summed E-state index contributed by atoms with van der Waals surface area (Å²) in [5.41, 5.74) is 5.41. The highest BCUT2D eigenvalue weighted by molar-refractivity contribution is 7.80. The molecule has 1 aromatic heterocycles. The topological polar surface area (TPSA) is 121 Å². The van der Waals surface area contributed by atoms with Crippen molar-refractivity contribution in [1.82, 2.24) is 15.2 Å². The molecule has 5 N–H and O–H groups in total. The molecule has 0 radical (unpaired) electrons. The normalized spacial score (nSPS) is 22.2. The highest BCUT2D eigenvalue weighted by Crippen LogP contribution is 2.42. The van der Waals surface area contributed by atoms with Gasteiger partial charge in [0.15, 0.2) is 10.6 Å². The van der Waals surface area contributed by atoms with Crippen molar-refractivity contribution in [3.8, 4) is 0 Å². The van der Waals surface area contributed by atoms with E-state index in [4.69, 9.17) is 29.6 Å². The van der Waals surface area contributed by atoms with Crippen LogP contribution in [0.15, 0.2) is 66.9 Å². The molecule has 1 heterocycles. The van der Waals surface area contributed by atoms with Crippen molar-refractivity contribution in [2.45, 2.75) is 10.6 Å². The summed E-state index contributed by atoms with van der Waals surface area (Å²) < 4.78 is 0. The number of aliphatic hydroxyl groups is 1. The van der Waals surface area contributed by atoms with Crippen LogP contribution in [-0.2, 0) is 0 Å². The Labute approximate surface area is 195 Å². The van der Waals surface area contributed by atoms with Gasteiger partial charge in [0.1, 0.15) is 10.7 Å². The van der Waals surface area contributed by atoms with Gasteiger partial charge in [-0.3, -0.25) is 14.7 Å². The number of para-hydroxylation sites is 1. The fourth-order valence-corrected chi connectivity index (χ4v) is 4.01. The van der Waals surface area contributed by atoms with Crippen LogP contribution in [-0.4, -0.2) is 56.6 Å². The van der Waals surface area contributed by atoms with E-state index in [1.54, 1.807) is 62.6 Å². The lowest BCUT2D eigenvalue weighted by Crippen LogP contribution is -2.64. The van der Waals surface area contributed by atoms with Crippen LogP contribution in [0.1, 0.15) is 16.1 Å². The van der Waals surface area contributed by atoms with Crippen molar-refractivity contribution < 1.29 is 14.7 Å². The first-order valence-electron chi connectivity index (χ1n) is 9.52. The molecule has 2 unspecified atom stereocenters. The number of hydrogen-bond acceptors (Lipinski definition) is 6. The third-order valence-electron chi connectivity index (χ3n) is 5.02. The maximum Gasteiger partial charge on any atom is 0.317 e. The van der Waals surface area contributed by atoms with E-state index < -0.39 is 16.6 Å². The number of carbonyl (C=O) groups is 2. The molecule has 0 fully saturated rings. The minimum Gasteiger partial charge on any atom is -0.369 e. The van der Waals surface area contributed by atoms with E-state index in [2.05, 4.69) is 15.6 Å². The van der Waals surface area contributed by atoms with E-state index in [1.807, 2.05) is 0 Å². The SMILES string of the molecule is CN(C)C1(O)C=CC(c2ccccc2NC(=O)c2ccccn2)=CC1(Cl)C(=S)NC(N)=O. The number of benzene rings is 1. The largest absolute Gasteiger partial charge is 0.369 e. The van der Waals surface area contributed by atoms with Crippen LogP contribution in [0.3, 0.4) is 0 Å². The zero-order chi connectivity index (χ0) is 23.5. The molecule has 32 heavy (non-hydrogen) atoms. The first-order valence-corrected chi connectivity index (χ1v) is 10.3. The number of urea groups is 1. The number of likely N-dealkylation sites (N-methyl/N-ethyl adjacent to an activating group) is 1. The van der Waals surface area contributed by atoms with E-state index in [0.717, 1.165) is 0 Å². The number of nitrogens with one attached hydrogen (secondary N) is 2. The molecule has 10 heteroatoms. The number of nitrogens with two attached hydrogens (primary N) is 1. The van der Waals surface area contributed by atoms with E-state index in [0.29, 0.717) is 16.8 Å². The van der Waals surface area contributed by atoms with Crippen LogP contribution in [0.2, 0.25) is 0 Å². The standard InChI is InChI=1S/C22H22ClN5O3S/c1-28(2)22(31)11-10-14(13-21(22,23)19(32)27-20(24)30)15-7-3-4-8-16(15)26-18(29)17-9-5-6-12-25-17/h3-13,31H,1-2H3,(H,26,29)(H3,24,27,30,32). The average Bonchev–Trinajstić information content (AvgIpc) is 2.76. The van der Waals surface area contributed by atoms with Crippen molar-refractivity contribution in [2.75, 3.05) is 19.4 Å². The second-order valence-corrected chi connectivity index (χ2v) is 8.30. The van der Waals surface area contributed by atoms with E-state index in [9.17, 15) is 14.7 Å². The molecule has 1 aliphatic rings. The second-order valence-electron chi connectivity index (χ2n) is 7.30. The number of aromatic nitrogens is 1. The fraction of sp³-hybridized carbons (Fsp3) is 0.182. The molecule has 0 saturated carbocycles. The lowest BCUT2D eigenvalue weighted by Gasteiger charge is -2.45. The van der Waals surface area contributed by atoms with E-state index in [-0.39, 0.29) is 16.6 Å². The minimum absolute atomic E-state index is 0.167. The van der Waals surface area contributed by atoms with Crippen LogP contribution in [0.25, 0.3) is 5.57 Å². The third kappa shape index (κ3) is 4.42. The number of pyridine rings is 1. The van der Waals surface area contributed by atoms with Crippen molar-refractivity contribution >= 4 is 52.0 Å². The first-order chi connectivity index (χ1) is 15.1. The Morgan fingerprint density at radius 2 is 1.88 bits per heavy atom. The summed E-state index contributed by atoms with van der Waals surface area (Å²) in [4.78, 5) is 27.7. The molecule has 0 spiro atoms. The summed E-state index contributed by atoms with van der Waals surface area (Å²) in [6.07, 6.45) is 6.20. The van der Waals surface area contributed by atoms with Gasteiger partial charge in [0.2, 0.25) is 0 Å². The van der Waals surface area contributed by atoms with Gasteiger partial charge in [-0.1, -0.05) is 42.6 Å². The number of carbonyl (C=O) groups excluding carboxylic acids is 2. The Morgan fingerprint density at radius 3 is 2.50 bits per heavy atom. The van der Waals surface area contributed by atoms with Crippen LogP contribution in [0.4, 0.5) is 10.5 Å². The molecule has 1 aliphatic carbocycles. The number of allylic oxidation sites excluding steroid dienone is 2. The number of anilines is 1. The van der Waals surface area contributed by atoms with E-state index >= 15 is 0 Å². The molecule has 3 amide bonds. The van der Waals surface area contributed by atoms with Crippen molar-refractivity contribution in [3.63, 3.8) is 0 Å². The number of thiocarbonyl (C=S) groups is 1. The number of alkyl halides is 1. The summed E-state index contributed by atoms with van der Waals surface area (Å²) >= 11 is 12.2. The number of hydrogen-bond donors (Lipinski definition) is 4. The summed E-state index contributed by atoms with van der Waals surface area (Å²) in [5.74, 6) is -0.383. The first kappa shape index (κ1) is 23.6. The number of primary amides is 1. The summed E-state index contributed by atoms with van der Waals surface area (Å²) in [5, 5.41) is 16.4. The van der Waals surface area contributed by atoms with Gasteiger partial charge in [-0.2, -0.15) is 0 Å². The Kier molecular flexibility index (Phi) is 6.75. The van der Waals surface area contributed by atoms with Gasteiger partial charge >= 0.3 is 6.03 Å². The van der Waals surface area contributed by atoms with Gasteiger partial charge < -0.3 is 21.5 Å². The quantitative estimate of drug-likeness (QED) is 0.302. The number of rotatable bonds is 5. The third-order valence-corrected chi connectivity index (χ3v) is 6.13. The maximum absolute atomic E-state index is 12.6. The molecule has 166 valence electrons. The molecule has 8 nitrogen and oxygen atoms in total. The van der Waals surface area contributed by atoms with Crippen molar-refractivity contribution in [3.05, 3.63) is 78.1 Å². The summed E-state index contributed by atoms with van der Waals surface area (Å²) in [7, 11) is 3.24. The molecule has 2 aromatic rings. The van der Waals surface area contributed by atoms with Gasteiger partial charge in [0.05, 0.1) is 0 Å². The molecule has 0 saturated heterocycles. The number of nitrogens with zero attached hydrogens (tertiary/aromatic N) is 2. The number of amides is 3. The average molecular weight is 472 g/mol. The monoisotopic (exact) mass is 471 g/mol. The predicted molar refractivity (Wildman–Crippen MR) is 128 cm³/mol. The van der Waals surface area contributed by atoms with Crippen molar-refractivity contribution in [2.24, 2.45) is 5.73 Å².